The second kappa shape index (κ2) is 2.92. The van der Waals surface area contributed by atoms with Gasteiger partial charge in [-0.1, -0.05) is 30.3 Å². The monoisotopic (exact) mass is 201 g/mol. The SMILES string of the molecule is O=C1[C@@H]2C[C@H]2C(=O)N1Cc1ccccc1. The van der Waals surface area contributed by atoms with E-state index in [1.807, 2.05) is 30.3 Å². The summed E-state index contributed by atoms with van der Waals surface area (Å²) in [6, 6.07) is 9.63. The smallest absolute Gasteiger partial charge is 0.233 e. The number of hydrogen-bond acceptors (Lipinski definition) is 2. The zero-order chi connectivity index (χ0) is 10.4. The molecule has 3 rings (SSSR count). The molecule has 0 bridgehead atoms. The van der Waals surface area contributed by atoms with E-state index in [4.69, 9.17) is 0 Å². The second-order valence-electron chi connectivity index (χ2n) is 4.20. The third-order valence-corrected chi connectivity index (χ3v) is 3.14. The molecule has 3 heteroatoms. The number of rotatable bonds is 2. The maximum atomic E-state index is 11.7. The topological polar surface area (TPSA) is 37.4 Å². The molecule has 76 valence electrons. The molecule has 2 fully saturated rings. The molecule has 0 unspecified atom stereocenters. The van der Waals surface area contributed by atoms with Crippen molar-refractivity contribution in [2.45, 2.75) is 13.0 Å². The number of carbonyl (C=O) groups is 2. The number of nitrogens with zero attached hydrogens (tertiary/aromatic N) is 1. The Bertz CT molecular complexity index is 407. The predicted molar refractivity (Wildman–Crippen MR) is 53.6 cm³/mol. The van der Waals surface area contributed by atoms with Crippen LogP contribution in [0.5, 0.6) is 0 Å². The highest BCUT2D eigenvalue weighted by atomic mass is 16.2. The lowest BCUT2D eigenvalue weighted by atomic mass is 10.2. The molecule has 1 heterocycles. The molecule has 3 nitrogen and oxygen atoms in total. The molecule has 1 saturated heterocycles. The van der Waals surface area contributed by atoms with E-state index in [1.165, 1.54) is 4.90 Å². The van der Waals surface area contributed by atoms with E-state index in [2.05, 4.69) is 0 Å². The fourth-order valence-corrected chi connectivity index (χ4v) is 2.17. The maximum absolute atomic E-state index is 11.7. The number of carbonyl (C=O) groups excluding carboxylic acids is 2. The van der Waals surface area contributed by atoms with Crippen LogP contribution in [-0.2, 0) is 16.1 Å². The lowest BCUT2D eigenvalue weighted by Crippen LogP contribution is -2.32. The quantitative estimate of drug-likeness (QED) is 0.674. The van der Waals surface area contributed by atoms with Crippen molar-refractivity contribution in [2.24, 2.45) is 11.8 Å². The number of fused-ring (bicyclic) bond motifs is 1. The molecule has 1 saturated carbocycles. The summed E-state index contributed by atoms with van der Waals surface area (Å²) in [6.45, 7) is 0.436. The van der Waals surface area contributed by atoms with Crippen LogP contribution in [0, 0.1) is 11.8 Å². The average Bonchev–Trinajstić information content (AvgIpc) is 3.01. The van der Waals surface area contributed by atoms with Crippen LogP contribution >= 0.6 is 0 Å². The predicted octanol–water partition coefficient (Wildman–Crippen LogP) is 1.19. The lowest BCUT2D eigenvalue weighted by Gasteiger charge is -2.15. The fraction of sp³-hybridized carbons (Fsp3) is 0.333. The number of hydrogen-bond donors (Lipinski definition) is 0. The first-order valence-corrected chi connectivity index (χ1v) is 5.16. The van der Waals surface area contributed by atoms with Crippen molar-refractivity contribution >= 4 is 11.8 Å². The standard InChI is InChI=1S/C12H11NO2/c14-11-9-6-10(9)12(15)13(11)7-8-4-2-1-3-5-8/h1-5,9-10H,6-7H2/t9-,10-/m1/s1. The van der Waals surface area contributed by atoms with Crippen molar-refractivity contribution in [2.75, 3.05) is 0 Å². The molecular formula is C12H11NO2. The second-order valence-corrected chi connectivity index (χ2v) is 4.20. The van der Waals surface area contributed by atoms with Gasteiger partial charge in [-0.2, -0.15) is 0 Å². The Labute approximate surface area is 87.7 Å². The van der Waals surface area contributed by atoms with Crippen LogP contribution in [0.2, 0.25) is 0 Å². The highest BCUT2D eigenvalue weighted by molar-refractivity contribution is 6.08. The Morgan fingerprint density at radius 3 is 2.27 bits per heavy atom. The fourth-order valence-electron chi connectivity index (χ4n) is 2.17. The summed E-state index contributed by atoms with van der Waals surface area (Å²) >= 11 is 0. The average molecular weight is 201 g/mol. The van der Waals surface area contributed by atoms with Crippen molar-refractivity contribution in [3.05, 3.63) is 35.9 Å². The Kier molecular flexibility index (Phi) is 1.69. The van der Waals surface area contributed by atoms with Gasteiger partial charge >= 0.3 is 0 Å². The van der Waals surface area contributed by atoms with Gasteiger partial charge in [0.15, 0.2) is 0 Å². The van der Waals surface area contributed by atoms with E-state index in [-0.39, 0.29) is 23.7 Å². The summed E-state index contributed by atoms with van der Waals surface area (Å²) in [5.74, 6) is 0.0742. The maximum Gasteiger partial charge on any atom is 0.233 e. The minimum atomic E-state index is 0.0150. The van der Waals surface area contributed by atoms with E-state index in [9.17, 15) is 9.59 Å². The zero-order valence-corrected chi connectivity index (χ0v) is 8.22. The molecule has 0 spiro atoms. The highest BCUT2D eigenvalue weighted by Gasteiger charge is 2.58. The lowest BCUT2D eigenvalue weighted by molar-refractivity contribution is -0.142. The molecular weight excluding hydrogens is 190 g/mol. The first-order chi connectivity index (χ1) is 7.27. The Hall–Kier alpha value is -1.64. The van der Waals surface area contributed by atoms with E-state index < -0.39 is 0 Å². The van der Waals surface area contributed by atoms with Crippen LogP contribution < -0.4 is 0 Å². The van der Waals surface area contributed by atoms with Crippen molar-refractivity contribution in [1.82, 2.24) is 4.90 Å². The number of imide groups is 1. The van der Waals surface area contributed by atoms with E-state index in [0.717, 1.165) is 12.0 Å². The van der Waals surface area contributed by atoms with Gasteiger partial charge in [-0.15, -0.1) is 0 Å². The molecule has 2 aliphatic rings. The summed E-state index contributed by atoms with van der Waals surface area (Å²) in [5, 5.41) is 0. The van der Waals surface area contributed by atoms with Gasteiger partial charge in [0.2, 0.25) is 11.8 Å². The summed E-state index contributed by atoms with van der Waals surface area (Å²) in [7, 11) is 0. The molecule has 0 N–H and O–H groups in total. The first kappa shape index (κ1) is 8.65. The van der Waals surface area contributed by atoms with Crippen LogP contribution in [0.3, 0.4) is 0 Å². The van der Waals surface area contributed by atoms with Gasteiger partial charge in [0.25, 0.3) is 0 Å². The van der Waals surface area contributed by atoms with Crippen molar-refractivity contribution < 1.29 is 9.59 Å². The molecule has 1 aromatic carbocycles. The van der Waals surface area contributed by atoms with E-state index in [1.54, 1.807) is 0 Å². The normalized spacial score (nSPS) is 28.1. The van der Waals surface area contributed by atoms with Gasteiger partial charge in [-0.3, -0.25) is 14.5 Å². The molecule has 1 aliphatic carbocycles. The van der Waals surface area contributed by atoms with Crippen molar-refractivity contribution in [3.63, 3.8) is 0 Å². The van der Waals surface area contributed by atoms with Gasteiger partial charge in [0, 0.05) is 0 Å². The number of benzene rings is 1. The molecule has 0 radical (unpaired) electrons. The van der Waals surface area contributed by atoms with E-state index >= 15 is 0 Å². The Morgan fingerprint density at radius 1 is 1.07 bits per heavy atom. The number of likely N-dealkylation sites (tertiary alicyclic amines) is 1. The van der Waals surface area contributed by atoms with Crippen molar-refractivity contribution in [3.8, 4) is 0 Å². The van der Waals surface area contributed by atoms with Crippen LogP contribution in [-0.4, -0.2) is 16.7 Å². The first-order valence-electron chi connectivity index (χ1n) is 5.16. The molecule has 1 aliphatic heterocycles. The molecule has 2 atom stereocenters. The third-order valence-electron chi connectivity index (χ3n) is 3.14. The summed E-state index contributed by atoms with van der Waals surface area (Å²) in [4.78, 5) is 24.7. The van der Waals surface area contributed by atoms with Crippen LogP contribution in [0.4, 0.5) is 0 Å². The molecule has 0 aromatic heterocycles. The Morgan fingerprint density at radius 2 is 1.67 bits per heavy atom. The molecule has 2 amide bonds. The largest absolute Gasteiger partial charge is 0.278 e. The van der Waals surface area contributed by atoms with Gasteiger partial charge in [-0.05, 0) is 12.0 Å². The molecule has 1 aromatic rings. The molecule has 15 heavy (non-hydrogen) atoms. The van der Waals surface area contributed by atoms with Crippen LogP contribution in [0.25, 0.3) is 0 Å². The van der Waals surface area contributed by atoms with Gasteiger partial charge in [0.05, 0.1) is 18.4 Å². The number of piperidine rings is 1. The van der Waals surface area contributed by atoms with Gasteiger partial charge < -0.3 is 0 Å². The summed E-state index contributed by atoms with van der Waals surface area (Å²) < 4.78 is 0. The highest BCUT2D eigenvalue weighted by Crippen LogP contribution is 2.47. The van der Waals surface area contributed by atoms with Crippen molar-refractivity contribution in [1.29, 1.82) is 0 Å². The third kappa shape index (κ3) is 1.27. The Balaban J connectivity index is 1.79. The van der Waals surface area contributed by atoms with Gasteiger partial charge in [0.1, 0.15) is 0 Å². The van der Waals surface area contributed by atoms with E-state index in [0.29, 0.717) is 6.54 Å². The number of amides is 2. The minimum absolute atomic E-state index is 0.0150. The van der Waals surface area contributed by atoms with Gasteiger partial charge in [-0.25, -0.2) is 0 Å². The minimum Gasteiger partial charge on any atom is -0.278 e. The van der Waals surface area contributed by atoms with Crippen LogP contribution in [0.1, 0.15) is 12.0 Å². The summed E-state index contributed by atoms with van der Waals surface area (Å²) in [6.07, 6.45) is 0.781. The zero-order valence-electron chi connectivity index (χ0n) is 8.22. The van der Waals surface area contributed by atoms with Crippen LogP contribution in [0.15, 0.2) is 30.3 Å². The summed E-state index contributed by atoms with van der Waals surface area (Å²) in [5.41, 5.74) is 1.01.